The fraction of sp³-hybridized carbons (Fsp3) is 0.235. The standard InChI is InChI=1S/C17H16ClN5O2S2/c1-3-22(4-2)15-14-13(9-10-26-14)23-16(19-15)17(20-21-23)27(24,25)12-7-5-11(18)6-8-12/h5-10H,3-4H2,1-2H3. The molecule has 0 N–H and O–H groups in total. The van der Waals surface area contributed by atoms with Gasteiger partial charge in [0.15, 0.2) is 11.5 Å². The number of rotatable bonds is 5. The molecule has 0 amide bonds. The second kappa shape index (κ2) is 6.74. The van der Waals surface area contributed by atoms with Gasteiger partial charge in [0.2, 0.25) is 14.9 Å². The molecule has 7 nitrogen and oxygen atoms in total. The first-order chi connectivity index (χ1) is 13.0. The van der Waals surface area contributed by atoms with Crippen LogP contribution in [0.1, 0.15) is 13.8 Å². The molecule has 1 aromatic carbocycles. The van der Waals surface area contributed by atoms with Crippen molar-refractivity contribution in [2.45, 2.75) is 23.8 Å². The largest absolute Gasteiger partial charge is 0.356 e. The van der Waals surface area contributed by atoms with Gasteiger partial charge in [-0.25, -0.2) is 13.4 Å². The molecule has 3 aromatic heterocycles. The molecule has 0 aliphatic rings. The van der Waals surface area contributed by atoms with Gasteiger partial charge < -0.3 is 4.90 Å². The summed E-state index contributed by atoms with van der Waals surface area (Å²) in [5.41, 5.74) is 1.01. The van der Waals surface area contributed by atoms with Crippen LogP contribution in [0.3, 0.4) is 0 Å². The van der Waals surface area contributed by atoms with Crippen molar-refractivity contribution in [1.82, 2.24) is 19.8 Å². The van der Waals surface area contributed by atoms with E-state index in [9.17, 15) is 8.42 Å². The van der Waals surface area contributed by atoms with E-state index in [1.54, 1.807) is 11.3 Å². The van der Waals surface area contributed by atoms with Crippen molar-refractivity contribution in [3.8, 4) is 0 Å². The van der Waals surface area contributed by atoms with Crippen molar-refractivity contribution in [3.05, 3.63) is 40.7 Å². The Bertz CT molecular complexity index is 1230. The van der Waals surface area contributed by atoms with E-state index >= 15 is 0 Å². The van der Waals surface area contributed by atoms with Gasteiger partial charge in [0.25, 0.3) is 0 Å². The molecule has 0 fully saturated rings. The topological polar surface area (TPSA) is 80.5 Å². The van der Waals surface area contributed by atoms with Crippen molar-refractivity contribution in [2.75, 3.05) is 18.0 Å². The number of hydrogen-bond donors (Lipinski definition) is 0. The summed E-state index contributed by atoms with van der Waals surface area (Å²) >= 11 is 7.42. The molecule has 0 aliphatic carbocycles. The monoisotopic (exact) mass is 421 g/mol. The Morgan fingerprint density at radius 2 is 1.85 bits per heavy atom. The van der Waals surface area contributed by atoms with Crippen LogP contribution in [0.2, 0.25) is 5.02 Å². The van der Waals surface area contributed by atoms with Crippen LogP contribution in [0.4, 0.5) is 5.82 Å². The van der Waals surface area contributed by atoms with Gasteiger partial charge in [-0.05, 0) is 49.6 Å². The smallest absolute Gasteiger partial charge is 0.229 e. The summed E-state index contributed by atoms with van der Waals surface area (Å²) in [5, 5.41) is 10.3. The van der Waals surface area contributed by atoms with Gasteiger partial charge in [-0.15, -0.1) is 16.4 Å². The van der Waals surface area contributed by atoms with Gasteiger partial charge in [-0.1, -0.05) is 16.8 Å². The van der Waals surface area contributed by atoms with Crippen molar-refractivity contribution >= 4 is 54.5 Å². The first kappa shape index (κ1) is 18.1. The molecule has 0 unspecified atom stereocenters. The highest BCUT2D eigenvalue weighted by molar-refractivity contribution is 7.91. The summed E-state index contributed by atoms with van der Waals surface area (Å²) in [6.45, 7) is 5.59. The number of hydrogen-bond acceptors (Lipinski definition) is 7. The molecule has 3 heterocycles. The van der Waals surface area contributed by atoms with Gasteiger partial charge in [-0.3, -0.25) is 0 Å². The lowest BCUT2D eigenvalue weighted by molar-refractivity contribution is 0.592. The molecule has 0 spiro atoms. The Morgan fingerprint density at radius 1 is 1.15 bits per heavy atom. The predicted octanol–water partition coefficient (Wildman–Crippen LogP) is 3.67. The molecule has 140 valence electrons. The van der Waals surface area contributed by atoms with Crippen LogP contribution in [-0.4, -0.2) is 41.3 Å². The second-order valence-electron chi connectivity index (χ2n) is 5.83. The minimum Gasteiger partial charge on any atom is -0.356 e. The fourth-order valence-electron chi connectivity index (χ4n) is 2.94. The summed E-state index contributed by atoms with van der Waals surface area (Å²) in [7, 11) is -3.88. The van der Waals surface area contributed by atoms with E-state index in [0.717, 1.165) is 29.1 Å². The second-order valence-corrected chi connectivity index (χ2v) is 9.05. The van der Waals surface area contributed by atoms with Crippen LogP contribution in [-0.2, 0) is 9.84 Å². The Morgan fingerprint density at radius 3 is 2.52 bits per heavy atom. The minimum atomic E-state index is -3.88. The summed E-state index contributed by atoms with van der Waals surface area (Å²) < 4.78 is 28.6. The maximum absolute atomic E-state index is 13.1. The van der Waals surface area contributed by atoms with Crippen LogP contribution in [0.25, 0.3) is 15.9 Å². The number of anilines is 1. The Kier molecular flexibility index (Phi) is 4.53. The van der Waals surface area contributed by atoms with E-state index in [1.807, 2.05) is 25.3 Å². The highest BCUT2D eigenvalue weighted by Crippen LogP contribution is 2.33. The Balaban J connectivity index is 2.00. The van der Waals surface area contributed by atoms with E-state index in [0.29, 0.717) is 5.02 Å². The normalized spacial score (nSPS) is 12.1. The maximum Gasteiger partial charge on any atom is 0.229 e. The molecular formula is C17H16ClN5O2S2. The average Bonchev–Trinajstić information content (AvgIpc) is 3.30. The van der Waals surface area contributed by atoms with E-state index in [4.69, 9.17) is 11.6 Å². The van der Waals surface area contributed by atoms with Crippen LogP contribution in [0, 0.1) is 0 Å². The van der Waals surface area contributed by atoms with Gasteiger partial charge in [0.1, 0.15) is 0 Å². The van der Waals surface area contributed by atoms with Gasteiger partial charge in [0.05, 0.1) is 15.1 Å². The SMILES string of the molecule is CCN(CC)c1nc2c(S(=O)(=O)c3ccc(Cl)cc3)nnn2c2ccsc12. The number of aromatic nitrogens is 4. The lowest BCUT2D eigenvalue weighted by Gasteiger charge is -2.20. The highest BCUT2D eigenvalue weighted by Gasteiger charge is 2.28. The zero-order valence-electron chi connectivity index (χ0n) is 14.6. The molecule has 4 rings (SSSR count). The van der Waals surface area contributed by atoms with E-state index in [2.05, 4.69) is 20.2 Å². The minimum absolute atomic E-state index is 0.103. The quantitative estimate of drug-likeness (QED) is 0.489. The van der Waals surface area contributed by atoms with Gasteiger partial charge in [-0.2, -0.15) is 4.52 Å². The average molecular weight is 422 g/mol. The number of sulfone groups is 1. The number of nitrogens with zero attached hydrogens (tertiary/aromatic N) is 5. The first-order valence-electron chi connectivity index (χ1n) is 8.35. The van der Waals surface area contributed by atoms with Crippen molar-refractivity contribution in [1.29, 1.82) is 0 Å². The van der Waals surface area contributed by atoms with Crippen LogP contribution >= 0.6 is 22.9 Å². The molecule has 0 aliphatic heterocycles. The van der Waals surface area contributed by atoms with E-state index < -0.39 is 9.84 Å². The summed E-state index contributed by atoms with van der Waals surface area (Å²) in [6.07, 6.45) is 0. The third-order valence-corrected chi connectivity index (χ3v) is 7.16. The molecule has 0 radical (unpaired) electrons. The number of benzene rings is 1. The Labute approximate surface area is 165 Å². The van der Waals surface area contributed by atoms with Crippen LogP contribution in [0.5, 0.6) is 0 Å². The first-order valence-corrected chi connectivity index (χ1v) is 11.1. The molecule has 4 aromatic rings. The fourth-order valence-corrected chi connectivity index (χ4v) is 5.19. The predicted molar refractivity (Wildman–Crippen MR) is 107 cm³/mol. The number of fused-ring (bicyclic) bond motifs is 3. The van der Waals surface area contributed by atoms with Crippen molar-refractivity contribution in [3.63, 3.8) is 0 Å². The molecule has 0 atom stereocenters. The number of thiophene rings is 1. The Hall–Kier alpha value is -2.23. The third kappa shape index (κ3) is 2.86. The molecule has 0 bridgehead atoms. The zero-order valence-corrected chi connectivity index (χ0v) is 17.0. The van der Waals surface area contributed by atoms with E-state index in [-0.39, 0.29) is 15.6 Å². The molecule has 0 saturated carbocycles. The van der Waals surface area contributed by atoms with Gasteiger partial charge in [0, 0.05) is 18.1 Å². The molecule has 27 heavy (non-hydrogen) atoms. The number of halogens is 1. The van der Waals surface area contributed by atoms with Crippen LogP contribution < -0.4 is 4.90 Å². The lowest BCUT2D eigenvalue weighted by atomic mass is 10.4. The molecule has 0 saturated heterocycles. The third-order valence-electron chi connectivity index (χ3n) is 4.35. The zero-order chi connectivity index (χ0) is 19.2. The van der Waals surface area contributed by atoms with Crippen molar-refractivity contribution < 1.29 is 8.42 Å². The summed E-state index contributed by atoms with van der Waals surface area (Å²) in [4.78, 5) is 6.85. The lowest BCUT2D eigenvalue weighted by Crippen LogP contribution is -2.23. The van der Waals surface area contributed by atoms with Crippen molar-refractivity contribution in [2.24, 2.45) is 0 Å². The highest BCUT2D eigenvalue weighted by atomic mass is 35.5. The maximum atomic E-state index is 13.1. The summed E-state index contributed by atoms with van der Waals surface area (Å²) in [5.74, 6) is 0.743. The molecule has 10 heteroatoms. The molecular weight excluding hydrogens is 406 g/mol. The van der Waals surface area contributed by atoms with Gasteiger partial charge >= 0.3 is 0 Å². The van der Waals surface area contributed by atoms with Crippen LogP contribution in [0.15, 0.2) is 45.6 Å². The van der Waals surface area contributed by atoms with E-state index in [1.165, 1.54) is 28.8 Å². The summed E-state index contributed by atoms with van der Waals surface area (Å²) in [6, 6.07) is 7.88.